The third-order valence-electron chi connectivity index (χ3n) is 4.36. The van der Waals surface area contributed by atoms with E-state index in [0.717, 1.165) is 0 Å². The van der Waals surface area contributed by atoms with E-state index < -0.39 is 11.3 Å². The van der Waals surface area contributed by atoms with Crippen LogP contribution in [0.1, 0.15) is 15.9 Å². The maximum absolute atomic E-state index is 12.6. The number of methoxy groups -OCH3 is 2. The molecule has 0 fully saturated rings. The number of rotatable bonds is 5. The zero-order valence-electron chi connectivity index (χ0n) is 15.2. The van der Waals surface area contributed by atoms with E-state index in [0.29, 0.717) is 28.0 Å². The van der Waals surface area contributed by atoms with E-state index in [1.54, 1.807) is 55.6 Å². The van der Waals surface area contributed by atoms with Gasteiger partial charge in [-0.2, -0.15) is 0 Å². The standard InChI is InChI=1S/C21H19NO5/c1-22-15-7-5-4-6-14(15)20(24)19(21(22)25)16(23)10-8-13-9-11-17(26-2)18(12-13)27-3/h4-12,24H,1-3H3/b10-8+. The van der Waals surface area contributed by atoms with Gasteiger partial charge in [-0.1, -0.05) is 24.3 Å². The van der Waals surface area contributed by atoms with Crippen molar-refractivity contribution in [3.63, 3.8) is 0 Å². The molecule has 1 N–H and O–H groups in total. The van der Waals surface area contributed by atoms with Gasteiger partial charge in [0.25, 0.3) is 5.56 Å². The molecule has 0 atom stereocenters. The molecule has 27 heavy (non-hydrogen) atoms. The van der Waals surface area contributed by atoms with E-state index in [9.17, 15) is 14.7 Å². The summed E-state index contributed by atoms with van der Waals surface area (Å²) < 4.78 is 11.8. The van der Waals surface area contributed by atoms with Crippen LogP contribution in [0.3, 0.4) is 0 Å². The highest BCUT2D eigenvalue weighted by molar-refractivity contribution is 6.11. The predicted octanol–water partition coefficient (Wildman–Crippen LogP) is 3.16. The fourth-order valence-corrected chi connectivity index (χ4v) is 2.91. The van der Waals surface area contributed by atoms with Crippen molar-refractivity contribution in [3.05, 3.63) is 70.0 Å². The van der Waals surface area contributed by atoms with Crippen LogP contribution in [0.2, 0.25) is 0 Å². The lowest BCUT2D eigenvalue weighted by molar-refractivity contribution is 0.104. The molecule has 1 aromatic heterocycles. The number of ether oxygens (including phenoxy) is 2. The number of fused-ring (bicyclic) bond motifs is 1. The summed E-state index contributed by atoms with van der Waals surface area (Å²) in [6.07, 6.45) is 2.81. The molecule has 0 unspecified atom stereocenters. The van der Waals surface area contributed by atoms with E-state index in [1.807, 2.05) is 0 Å². The second kappa shape index (κ2) is 7.37. The molecule has 0 saturated carbocycles. The highest BCUT2D eigenvalue weighted by Crippen LogP contribution is 2.29. The quantitative estimate of drug-likeness (QED) is 0.555. The van der Waals surface area contributed by atoms with Gasteiger partial charge < -0.3 is 19.1 Å². The fourth-order valence-electron chi connectivity index (χ4n) is 2.91. The molecule has 138 valence electrons. The minimum absolute atomic E-state index is 0.257. The van der Waals surface area contributed by atoms with Crippen LogP contribution in [0.4, 0.5) is 0 Å². The number of allylic oxidation sites excluding steroid dienone is 1. The summed E-state index contributed by atoms with van der Waals surface area (Å²) in [5.41, 5.74) is 0.444. The number of pyridine rings is 1. The van der Waals surface area contributed by atoms with Crippen molar-refractivity contribution in [1.29, 1.82) is 0 Å². The van der Waals surface area contributed by atoms with Gasteiger partial charge in [0, 0.05) is 12.4 Å². The molecule has 6 heteroatoms. The topological polar surface area (TPSA) is 77.8 Å². The zero-order valence-corrected chi connectivity index (χ0v) is 15.2. The fraction of sp³-hybridized carbons (Fsp3) is 0.143. The summed E-state index contributed by atoms with van der Waals surface area (Å²) in [6.45, 7) is 0. The van der Waals surface area contributed by atoms with Crippen LogP contribution in [0.5, 0.6) is 17.2 Å². The van der Waals surface area contributed by atoms with Gasteiger partial charge in [0.1, 0.15) is 11.3 Å². The first-order chi connectivity index (χ1) is 13.0. The number of aryl methyl sites for hydroxylation is 1. The summed E-state index contributed by atoms with van der Waals surface area (Å²) in [5, 5.41) is 10.9. The molecule has 0 saturated heterocycles. The van der Waals surface area contributed by atoms with Crippen LogP contribution < -0.4 is 15.0 Å². The second-order valence-corrected chi connectivity index (χ2v) is 5.92. The van der Waals surface area contributed by atoms with Gasteiger partial charge in [0.15, 0.2) is 17.3 Å². The Hall–Kier alpha value is -3.54. The molecular formula is C21H19NO5. The molecule has 0 amide bonds. The van der Waals surface area contributed by atoms with Crippen molar-refractivity contribution in [2.45, 2.75) is 0 Å². The van der Waals surface area contributed by atoms with Crippen molar-refractivity contribution >= 4 is 22.8 Å². The first kappa shape index (κ1) is 18.3. The molecule has 0 radical (unpaired) electrons. The first-order valence-corrected chi connectivity index (χ1v) is 8.23. The van der Waals surface area contributed by atoms with Gasteiger partial charge in [0.05, 0.1) is 19.7 Å². The molecular weight excluding hydrogens is 346 g/mol. The minimum Gasteiger partial charge on any atom is -0.506 e. The Labute approximate surface area is 155 Å². The van der Waals surface area contributed by atoms with Crippen molar-refractivity contribution in [2.75, 3.05) is 14.2 Å². The van der Waals surface area contributed by atoms with Crippen molar-refractivity contribution in [3.8, 4) is 17.2 Å². The lowest BCUT2D eigenvalue weighted by Crippen LogP contribution is -2.24. The van der Waals surface area contributed by atoms with Crippen molar-refractivity contribution in [2.24, 2.45) is 7.05 Å². The van der Waals surface area contributed by atoms with Crippen LogP contribution in [-0.2, 0) is 7.05 Å². The molecule has 0 aliphatic carbocycles. The monoisotopic (exact) mass is 365 g/mol. The number of hydrogen-bond acceptors (Lipinski definition) is 5. The maximum atomic E-state index is 12.6. The Morgan fingerprint density at radius 1 is 1.07 bits per heavy atom. The predicted molar refractivity (Wildman–Crippen MR) is 104 cm³/mol. The Morgan fingerprint density at radius 2 is 1.78 bits per heavy atom. The lowest BCUT2D eigenvalue weighted by Gasteiger charge is -2.10. The lowest BCUT2D eigenvalue weighted by atomic mass is 10.1. The van der Waals surface area contributed by atoms with E-state index in [-0.39, 0.29) is 11.3 Å². The first-order valence-electron chi connectivity index (χ1n) is 8.23. The normalized spacial score (nSPS) is 11.1. The number of carbonyl (C=O) groups is 1. The summed E-state index contributed by atoms with van der Waals surface area (Å²) in [4.78, 5) is 25.2. The van der Waals surface area contributed by atoms with Crippen LogP contribution in [-0.4, -0.2) is 29.7 Å². The van der Waals surface area contributed by atoms with Gasteiger partial charge in [-0.3, -0.25) is 9.59 Å². The van der Waals surface area contributed by atoms with Crippen LogP contribution in [0, 0.1) is 0 Å². The van der Waals surface area contributed by atoms with Gasteiger partial charge in [-0.05, 0) is 35.9 Å². The Balaban J connectivity index is 2.02. The van der Waals surface area contributed by atoms with Gasteiger partial charge in [-0.25, -0.2) is 0 Å². The number of aromatic nitrogens is 1. The third kappa shape index (κ3) is 3.29. The molecule has 0 aliphatic heterocycles. The molecule has 6 nitrogen and oxygen atoms in total. The molecule has 3 aromatic rings. The summed E-state index contributed by atoms with van der Waals surface area (Å²) in [5.74, 6) is 0.211. The van der Waals surface area contributed by atoms with Gasteiger partial charge in [-0.15, -0.1) is 0 Å². The molecule has 0 aliphatic rings. The Morgan fingerprint density at radius 3 is 2.48 bits per heavy atom. The molecule has 1 heterocycles. The highest BCUT2D eigenvalue weighted by Gasteiger charge is 2.19. The van der Waals surface area contributed by atoms with E-state index >= 15 is 0 Å². The van der Waals surface area contributed by atoms with Gasteiger partial charge >= 0.3 is 0 Å². The molecule has 0 bridgehead atoms. The van der Waals surface area contributed by atoms with E-state index in [4.69, 9.17) is 9.47 Å². The summed E-state index contributed by atoms with van der Waals surface area (Å²) in [6, 6.07) is 12.1. The van der Waals surface area contributed by atoms with E-state index in [1.165, 1.54) is 24.9 Å². The Kier molecular flexibility index (Phi) is 4.98. The average Bonchev–Trinajstić information content (AvgIpc) is 2.70. The SMILES string of the molecule is COc1ccc(/C=C/C(=O)c2c(O)c3ccccc3n(C)c2=O)cc1OC. The number of carbonyl (C=O) groups excluding carboxylic acids is 1. The third-order valence-corrected chi connectivity index (χ3v) is 4.36. The number of hydrogen-bond donors (Lipinski definition) is 1. The maximum Gasteiger partial charge on any atom is 0.265 e. The van der Waals surface area contributed by atoms with Gasteiger partial charge in [0.2, 0.25) is 0 Å². The molecule has 3 rings (SSSR count). The smallest absolute Gasteiger partial charge is 0.265 e. The van der Waals surface area contributed by atoms with Crippen molar-refractivity contribution < 1.29 is 19.4 Å². The number of para-hydroxylation sites is 1. The number of nitrogens with zero attached hydrogens (tertiary/aromatic N) is 1. The molecule has 2 aromatic carbocycles. The number of benzene rings is 2. The van der Waals surface area contributed by atoms with Crippen molar-refractivity contribution in [1.82, 2.24) is 4.57 Å². The second-order valence-electron chi connectivity index (χ2n) is 5.92. The summed E-state index contributed by atoms with van der Waals surface area (Å²) >= 11 is 0. The van der Waals surface area contributed by atoms with Crippen LogP contribution in [0.25, 0.3) is 17.0 Å². The zero-order chi connectivity index (χ0) is 19.6. The summed E-state index contributed by atoms with van der Waals surface area (Å²) in [7, 11) is 4.63. The highest BCUT2D eigenvalue weighted by atomic mass is 16.5. The Bertz CT molecular complexity index is 1110. The molecule has 0 spiro atoms. The minimum atomic E-state index is -0.575. The number of aromatic hydroxyl groups is 1. The van der Waals surface area contributed by atoms with Crippen LogP contribution in [0.15, 0.2) is 53.3 Å². The van der Waals surface area contributed by atoms with Crippen LogP contribution >= 0.6 is 0 Å². The van der Waals surface area contributed by atoms with E-state index in [2.05, 4.69) is 0 Å². The number of ketones is 1. The largest absolute Gasteiger partial charge is 0.506 e. The average molecular weight is 365 g/mol.